The fourth-order valence-electron chi connectivity index (χ4n) is 3.14. The second-order valence-electron chi connectivity index (χ2n) is 6.79. The molecule has 26 heavy (non-hydrogen) atoms. The highest BCUT2D eigenvalue weighted by molar-refractivity contribution is 14.0. The minimum atomic E-state index is 0. The number of hydrogen-bond acceptors (Lipinski definition) is 4. The Hall–Kier alpha value is -0.930. The molecule has 1 aliphatic rings. The molecule has 1 aliphatic heterocycles. The third-order valence-corrected chi connectivity index (χ3v) is 4.72. The highest BCUT2D eigenvalue weighted by Gasteiger charge is 2.17. The molecule has 1 unspecified atom stereocenters. The average Bonchev–Trinajstić information content (AvgIpc) is 2.66. The number of piperazine rings is 1. The maximum Gasteiger partial charge on any atom is 0.190 e. The van der Waals surface area contributed by atoms with Gasteiger partial charge in [-0.15, -0.1) is 24.0 Å². The third-order valence-electron chi connectivity index (χ3n) is 4.72. The standard InChI is InChI=1S/C19H34N6.HI/c1-4-24-11-13-25(14-12-24)16-17(2)15-23-19(20-3)22-10-8-18-7-5-6-9-21-18;/h5-7,9,17H,4,8,10-16H2,1-3H3,(H2,20,22,23);1H. The van der Waals surface area contributed by atoms with E-state index in [2.05, 4.69) is 50.3 Å². The summed E-state index contributed by atoms with van der Waals surface area (Å²) in [7, 11) is 1.82. The molecule has 2 N–H and O–H groups in total. The van der Waals surface area contributed by atoms with E-state index in [4.69, 9.17) is 0 Å². The minimum Gasteiger partial charge on any atom is -0.356 e. The first kappa shape index (κ1) is 23.1. The van der Waals surface area contributed by atoms with Crippen molar-refractivity contribution in [2.75, 3.05) is 59.4 Å². The van der Waals surface area contributed by atoms with Gasteiger partial charge in [0.2, 0.25) is 0 Å². The van der Waals surface area contributed by atoms with Crippen molar-refractivity contribution in [1.82, 2.24) is 25.4 Å². The van der Waals surface area contributed by atoms with E-state index in [0.717, 1.165) is 37.7 Å². The normalized spacial score (nSPS) is 17.4. The predicted molar refractivity (Wildman–Crippen MR) is 120 cm³/mol. The van der Waals surface area contributed by atoms with Gasteiger partial charge in [-0.25, -0.2) is 0 Å². The third kappa shape index (κ3) is 8.64. The zero-order valence-corrected chi connectivity index (χ0v) is 18.8. The molecule has 0 radical (unpaired) electrons. The molecule has 0 aromatic carbocycles. The van der Waals surface area contributed by atoms with Crippen molar-refractivity contribution in [1.29, 1.82) is 0 Å². The Morgan fingerprint density at radius 1 is 1.19 bits per heavy atom. The van der Waals surface area contributed by atoms with Crippen LogP contribution in [0.5, 0.6) is 0 Å². The van der Waals surface area contributed by atoms with Gasteiger partial charge in [0.05, 0.1) is 0 Å². The molecule has 2 heterocycles. The number of nitrogens with one attached hydrogen (secondary N) is 2. The van der Waals surface area contributed by atoms with E-state index >= 15 is 0 Å². The van der Waals surface area contributed by atoms with Gasteiger partial charge in [-0.1, -0.05) is 19.9 Å². The van der Waals surface area contributed by atoms with Gasteiger partial charge in [-0.2, -0.15) is 0 Å². The van der Waals surface area contributed by atoms with E-state index in [1.165, 1.54) is 32.7 Å². The van der Waals surface area contributed by atoms with Gasteiger partial charge >= 0.3 is 0 Å². The maximum atomic E-state index is 4.34. The zero-order chi connectivity index (χ0) is 17.9. The molecule has 7 heteroatoms. The molecule has 1 atom stereocenters. The van der Waals surface area contributed by atoms with E-state index < -0.39 is 0 Å². The van der Waals surface area contributed by atoms with Crippen LogP contribution in [-0.4, -0.2) is 80.1 Å². The topological polar surface area (TPSA) is 55.8 Å². The van der Waals surface area contributed by atoms with E-state index in [0.29, 0.717) is 5.92 Å². The van der Waals surface area contributed by atoms with Crippen LogP contribution < -0.4 is 10.6 Å². The summed E-state index contributed by atoms with van der Waals surface area (Å²) in [4.78, 5) is 13.8. The molecule has 0 bridgehead atoms. The van der Waals surface area contributed by atoms with Crippen molar-refractivity contribution in [3.63, 3.8) is 0 Å². The van der Waals surface area contributed by atoms with Crippen LogP contribution in [0.1, 0.15) is 19.5 Å². The van der Waals surface area contributed by atoms with E-state index in [1.807, 2.05) is 25.4 Å². The molecular formula is C19H35IN6. The molecule has 0 spiro atoms. The van der Waals surface area contributed by atoms with E-state index in [9.17, 15) is 0 Å². The molecule has 1 aromatic heterocycles. The first-order chi connectivity index (χ1) is 12.2. The van der Waals surface area contributed by atoms with Crippen molar-refractivity contribution in [2.45, 2.75) is 20.3 Å². The van der Waals surface area contributed by atoms with Crippen molar-refractivity contribution >= 4 is 29.9 Å². The molecule has 148 valence electrons. The fourth-order valence-corrected chi connectivity index (χ4v) is 3.14. The SMILES string of the molecule is CCN1CCN(CC(C)CNC(=NC)NCCc2ccccn2)CC1.I. The second kappa shape index (κ2) is 13.3. The van der Waals surface area contributed by atoms with Gasteiger partial charge < -0.3 is 20.4 Å². The lowest BCUT2D eigenvalue weighted by molar-refractivity contribution is 0.124. The van der Waals surface area contributed by atoms with Gasteiger partial charge in [0.25, 0.3) is 0 Å². The molecular weight excluding hydrogens is 439 g/mol. The number of guanidine groups is 1. The number of aliphatic imine (C=N–C) groups is 1. The molecule has 2 rings (SSSR count). The van der Waals surface area contributed by atoms with Crippen LogP contribution in [0.15, 0.2) is 29.4 Å². The van der Waals surface area contributed by atoms with Gasteiger partial charge in [-0.05, 0) is 24.6 Å². The summed E-state index contributed by atoms with van der Waals surface area (Å²) in [5, 5.41) is 6.82. The van der Waals surface area contributed by atoms with Crippen molar-refractivity contribution in [3.05, 3.63) is 30.1 Å². The van der Waals surface area contributed by atoms with Gasteiger partial charge in [0.1, 0.15) is 0 Å². The summed E-state index contributed by atoms with van der Waals surface area (Å²) in [5.74, 6) is 1.47. The van der Waals surface area contributed by atoms with Gasteiger partial charge in [0, 0.05) is 71.2 Å². The Labute approximate surface area is 175 Å². The number of nitrogens with zero attached hydrogens (tertiary/aromatic N) is 4. The number of aromatic nitrogens is 1. The summed E-state index contributed by atoms with van der Waals surface area (Å²) < 4.78 is 0. The van der Waals surface area contributed by atoms with Crippen LogP contribution in [0.2, 0.25) is 0 Å². The summed E-state index contributed by atoms with van der Waals surface area (Å²) >= 11 is 0. The maximum absolute atomic E-state index is 4.34. The summed E-state index contributed by atoms with van der Waals surface area (Å²) in [5.41, 5.74) is 1.10. The summed E-state index contributed by atoms with van der Waals surface area (Å²) in [6, 6.07) is 6.02. The Bertz CT molecular complexity index is 502. The fraction of sp³-hybridized carbons (Fsp3) is 0.684. The Kier molecular flexibility index (Phi) is 11.8. The monoisotopic (exact) mass is 474 g/mol. The largest absolute Gasteiger partial charge is 0.356 e. The minimum absolute atomic E-state index is 0. The molecule has 1 fully saturated rings. The predicted octanol–water partition coefficient (Wildman–Crippen LogP) is 1.68. The van der Waals surface area contributed by atoms with E-state index in [1.54, 1.807) is 0 Å². The van der Waals surface area contributed by atoms with Crippen LogP contribution in [0.25, 0.3) is 0 Å². The molecule has 6 nitrogen and oxygen atoms in total. The first-order valence-electron chi connectivity index (χ1n) is 9.50. The Morgan fingerprint density at radius 2 is 1.92 bits per heavy atom. The van der Waals surface area contributed by atoms with E-state index in [-0.39, 0.29) is 24.0 Å². The smallest absolute Gasteiger partial charge is 0.190 e. The van der Waals surface area contributed by atoms with Crippen molar-refractivity contribution in [2.24, 2.45) is 10.9 Å². The number of rotatable bonds is 8. The number of hydrogen-bond donors (Lipinski definition) is 2. The van der Waals surface area contributed by atoms with Gasteiger partial charge in [0.15, 0.2) is 5.96 Å². The highest BCUT2D eigenvalue weighted by Crippen LogP contribution is 2.05. The highest BCUT2D eigenvalue weighted by atomic mass is 127. The van der Waals surface area contributed by atoms with Gasteiger partial charge in [-0.3, -0.25) is 9.98 Å². The molecule has 1 saturated heterocycles. The Morgan fingerprint density at radius 3 is 2.54 bits per heavy atom. The summed E-state index contributed by atoms with van der Waals surface area (Å²) in [6.07, 6.45) is 2.74. The number of halogens is 1. The van der Waals surface area contributed by atoms with Crippen LogP contribution in [0.4, 0.5) is 0 Å². The number of likely N-dealkylation sites (N-methyl/N-ethyl adjacent to an activating group) is 1. The second-order valence-corrected chi connectivity index (χ2v) is 6.79. The van der Waals surface area contributed by atoms with Crippen LogP contribution >= 0.6 is 24.0 Å². The number of pyridine rings is 1. The van der Waals surface area contributed by atoms with Crippen molar-refractivity contribution < 1.29 is 0 Å². The molecule has 0 amide bonds. The molecule has 0 aliphatic carbocycles. The molecule has 0 saturated carbocycles. The lowest BCUT2D eigenvalue weighted by atomic mass is 10.1. The molecule has 1 aromatic rings. The van der Waals surface area contributed by atoms with Crippen LogP contribution in [0.3, 0.4) is 0 Å². The Balaban J connectivity index is 0.00000338. The zero-order valence-electron chi connectivity index (χ0n) is 16.4. The summed E-state index contributed by atoms with van der Waals surface area (Å²) in [6.45, 7) is 13.4. The van der Waals surface area contributed by atoms with Crippen LogP contribution in [-0.2, 0) is 6.42 Å². The average molecular weight is 474 g/mol. The lowest BCUT2D eigenvalue weighted by Gasteiger charge is -2.35. The lowest BCUT2D eigenvalue weighted by Crippen LogP contribution is -2.48. The van der Waals surface area contributed by atoms with Crippen LogP contribution in [0, 0.1) is 5.92 Å². The quantitative estimate of drug-likeness (QED) is 0.341. The van der Waals surface area contributed by atoms with Crippen molar-refractivity contribution in [3.8, 4) is 0 Å². The first-order valence-corrected chi connectivity index (χ1v) is 9.50.